The number of rotatable bonds is 3. The van der Waals surface area contributed by atoms with Gasteiger partial charge in [-0.3, -0.25) is 4.79 Å². The third-order valence-corrected chi connectivity index (χ3v) is 4.77. The van der Waals surface area contributed by atoms with Crippen molar-refractivity contribution in [3.63, 3.8) is 0 Å². The third kappa shape index (κ3) is 2.49. The van der Waals surface area contributed by atoms with Crippen molar-refractivity contribution >= 4 is 17.2 Å². The zero-order valence-corrected chi connectivity index (χ0v) is 14.2. The van der Waals surface area contributed by atoms with E-state index in [1.807, 2.05) is 30.3 Å². The van der Waals surface area contributed by atoms with E-state index in [1.54, 1.807) is 4.90 Å². The van der Waals surface area contributed by atoms with Crippen LogP contribution in [0, 0.1) is 12.3 Å². The van der Waals surface area contributed by atoms with Gasteiger partial charge in [0.05, 0.1) is 17.9 Å². The first-order valence-electron chi connectivity index (χ1n) is 8.56. The highest BCUT2D eigenvalue weighted by Gasteiger charge is 2.24. The molecule has 0 N–H and O–H groups in total. The van der Waals surface area contributed by atoms with Crippen molar-refractivity contribution in [3.8, 4) is 23.6 Å². The molecule has 1 aliphatic rings. The van der Waals surface area contributed by atoms with Crippen LogP contribution in [0.3, 0.4) is 0 Å². The van der Waals surface area contributed by atoms with Crippen LogP contribution in [0.5, 0.6) is 0 Å². The van der Waals surface area contributed by atoms with E-state index in [-0.39, 0.29) is 5.91 Å². The van der Waals surface area contributed by atoms with Gasteiger partial charge in [-0.25, -0.2) is 4.98 Å². The van der Waals surface area contributed by atoms with E-state index in [4.69, 9.17) is 11.4 Å². The van der Waals surface area contributed by atoms with E-state index in [1.165, 1.54) is 5.69 Å². The molecule has 1 aromatic carbocycles. The number of amides is 1. The number of carbonyl (C=O) groups is 1. The molecular formula is C21H19N3O. The van der Waals surface area contributed by atoms with Crippen LogP contribution in [0.2, 0.25) is 0 Å². The number of terminal acetylenes is 1. The molecule has 0 spiro atoms. The molecule has 0 bridgehead atoms. The SMILES string of the molecule is C#CCN1C(=O)CCc2cc(-c3nc4ccccn4c3CC)ccc21. The van der Waals surface area contributed by atoms with Crippen molar-refractivity contribution in [2.24, 2.45) is 0 Å². The molecule has 3 heterocycles. The minimum atomic E-state index is 0.0974. The smallest absolute Gasteiger partial charge is 0.228 e. The van der Waals surface area contributed by atoms with Gasteiger partial charge >= 0.3 is 0 Å². The van der Waals surface area contributed by atoms with Crippen LogP contribution in [0.1, 0.15) is 24.6 Å². The van der Waals surface area contributed by atoms with Crippen molar-refractivity contribution in [3.05, 3.63) is 53.9 Å². The zero-order valence-electron chi connectivity index (χ0n) is 14.2. The third-order valence-electron chi connectivity index (χ3n) is 4.77. The highest BCUT2D eigenvalue weighted by Crippen LogP contribution is 2.33. The lowest BCUT2D eigenvalue weighted by atomic mass is 9.97. The molecule has 4 heteroatoms. The fourth-order valence-corrected chi connectivity index (χ4v) is 3.59. The predicted octanol–water partition coefficient (Wildman–Crippen LogP) is 3.48. The maximum absolute atomic E-state index is 12.1. The summed E-state index contributed by atoms with van der Waals surface area (Å²) in [4.78, 5) is 18.7. The Hall–Kier alpha value is -3.06. The monoisotopic (exact) mass is 329 g/mol. The number of hydrogen-bond donors (Lipinski definition) is 0. The first-order valence-corrected chi connectivity index (χ1v) is 8.56. The molecule has 0 unspecified atom stereocenters. The highest BCUT2D eigenvalue weighted by molar-refractivity contribution is 5.97. The van der Waals surface area contributed by atoms with E-state index in [9.17, 15) is 4.79 Å². The van der Waals surface area contributed by atoms with Gasteiger partial charge in [-0.05, 0) is 42.7 Å². The molecule has 0 saturated heterocycles. The molecule has 1 aliphatic heterocycles. The molecular weight excluding hydrogens is 310 g/mol. The van der Waals surface area contributed by atoms with Gasteiger partial charge in [0.1, 0.15) is 5.65 Å². The van der Waals surface area contributed by atoms with E-state index >= 15 is 0 Å². The van der Waals surface area contributed by atoms with Gasteiger partial charge < -0.3 is 9.30 Å². The maximum Gasteiger partial charge on any atom is 0.228 e. The number of aryl methyl sites for hydroxylation is 2. The van der Waals surface area contributed by atoms with Gasteiger partial charge in [0.15, 0.2) is 0 Å². The number of fused-ring (bicyclic) bond motifs is 2. The fraction of sp³-hybridized carbons (Fsp3) is 0.238. The minimum absolute atomic E-state index is 0.0974. The van der Waals surface area contributed by atoms with Crippen LogP contribution < -0.4 is 4.90 Å². The number of imidazole rings is 1. The Kier molecular flexibility index (Phi) is 3.77. The Morgan fingerprint density at radius 3 is 2.92 bits per heavy atom. The average molecular weight is 329 g/mol. The van der Waals surface area contributed by atoms with Gasteiger partial charge in [0.2, 0.25) is 5.91 Å². The molecule has 3 aromatic rings. The highest BCUT2D eigenvalue weighted by atomic mass is 16.2. The van der Waals surface area contributed by atoms with Crippen LogP contribution in [-0.2, 0) is 17.6 Å². The molecule has 0 radical (unpaired) electrons. The molecule has 124 valence electrons. The number of benzene rings is 1. The largest absolute Gasteiger partial charge is 0.303 e. The summed E-state index contributed by atoms with van der Waals surface area (Å²) in [5, 5.41) is 0. The number of carbonyl (C=O) groups excluding carboxylic acids is 1. The number of aromatic nitrogens is 2. The molecule has 0 saturated carbocycles. The second-order valence-electron chi connectivity index (χ2n) is 6.22. The van der Waals surface area contributed by atoms with Gasteiger partial charge in [0, 0.05) is 23.9 Å². The molecule has 4 nitrogen and oxygen atoms in total. The van der Waals surface area contributed by atoms with Gasteiger partial charge in [0.25, 0.3) is 0 Å². The lowest BCUT2D eigenvalue weighted by Crippen LogP contribution is -2.35. The summed E-state index contributed by atoms with van der Waals surface area (Å²) in [6, 6.07) is 12.3. The summed E-state index contributed by atoms with van der Waals surface area (Å²) >= 11 is 0. The Morgan fingerprint density at radius 2 is 2.12 bits per heavy atom. The van der Waals surface area contributed by atoms with E-state index in [0.717, 1.165) is 41.0 Å². The topological polar surface area (TPSA) is 37.6 Å². The number of nitrogens with zero attached hydrogens (tertiary/aromatic N) is 3. The fourth-order valence-electron chi connectivity index (χ4n) is 3.59. The van der Waals surface area contributed by atoms with Crippen LogP contribution in [0.15, 0.2) is 42.6 Å². The molecule has 0 atom stereocenters. The van der Waals surface area contributed by atoms with Gasteiger partial charge in [-0.2, -0.15) is 0 Å². The molecule has 0 fully saturated rings. The maximum atomic E-state index is 12.1. The lowest BCUT2D eigenvalue weighted by Gasteiger charge is -2.28. The molecule has 4 rings (SSSR count). The Morgan fingerprint density at radius 1 is 1.24 bits per heavy atom. The first kappa shape index (κ1) is 15.5. The van der Waals surface area contributed by atoms with Crippen molar-refractivity contribution in [2.45, 2.75) is 26.2 Å². The summed E-state index contributed by atoms with van der Waals surface area (Å²) in [6.45, 7) is 2.46. The molecule has 2 aromatic heterocycles. The summed E-state index contributed by atoms with van der Waals surface area (Å²) in [5.74, 6) is 2.68. The van der Waals surface area contributed by atoms with Crippen molar-refractivity contribution in [2.75, 3.05) is 11.4 Å². The molecule has 1 amide bonds. The minimum Gasteiger partial charge on any atom is -0.303 e. The van der Waals surface area contributed by atoms with Crippen molar-refractivity contribution < 1.29 is 4.79 Å². The van der Waals surface area contributed by atoms with E-state index < -0.39 is 0 Å². The summed E-state index contributed by atoms with van der Waals surface area (Å²) in [6.07, 6.45) is 9.63. The summed E-state index contributed by atoms with van der Waals surface area (Å²) in [7, 11) is 0. The zero-order chi connectivity index (χ0) is 17.4. The second-order valence-corrected chi connectivity index (χ2v) is 6.22. The summed E-state index contributed by atoms with van der Waals surface area (Å²) in [5.41, 5.74) is 6.34. The van der Waals surface area contributed by atoms with Crippen LogP contribution >= 0.6 is 0 Å². The van der Waals surface area contributed by atoms with Crippen LogP contribution in [-0.4, -0.2) is 21.8 Å². The number of pyridine rings is 1. The quantitative estimate of drug-likeness (QED) is 0.690. The standard InChI is InChI=1S/C21H19N3O/c1-3-12-24-18-10-8-16(14-15(18)9-11-20(24)25)21-17(4-2)23-13-6-5-7-19(23)22-21/h1,5-8,10,13-14H,4,9,11-12H2,2H3. The lowest BCUT2D eigenvalue weighted by molar-refractivity contribution is -0.118. The Bertz CT molecular complexity index is 1010. The van der Waals surface area contributed by atoms with E-state index in [2.05, 4.69) is 29.5 Å². The van der Waals surface area contributed by atoms with Gasteiger partial charge in [-0.1, -0.05) is 25.0 Å². The van der Waals surface area contributed by atoms with Crippen LogP contribution in [0.4, 0.5) is 5.69 Å². The van der Waals surface area contributed by atoms with Crippen LogP contribution in [0.25, 0.3) is 16.9 Å². The second kappa shape index (κ2) is 6.10. The van der Waals surface area contributed by atoms with Gasteiger partial charge in [-0.15, -0.1) is 6.42 Å². The molecule has 0 aliphatic carbocycles. The van der Waals surface area contributed by atoms with E-state index in [0.29, 0.717) is 13.0 Å². The average Bonchev–Trinajstić information content (AvgIpc) is 3.02. The van der Waals surface area contributed by atoms with Crippen molar-refractivity contribution in [1.82, 2.24) is 9.38 Å². The number of anilines is 1. The van der Waals surface area contributed by atoms with Crippen molar-refractivity contribution in [1.29, 1.82) is 0 Å². The molecule has 25 heavy (non-hydrogen) atoms. The normalized spacial score (nSPS) is 13.8. The first-order chi connectivity index (χ1) is 12.2. The number of hydrogen-bond acceptors (Lipinski definition) is 2. The Labute approximate surface area is 147 Å². The summed E-state index contributed by atoms with van der Waals surface area (Å²) < 4.78 is 2.14. The predicted molar refractivity (Wildman–Crippen MR) is 99.5 cm³/mol. The Balaban J connectivity index is 1.84.